The Morgan fingerprint density at radius 1 is 1.00 bits per heavy atom. The van der Waals surface area contributed by atoms with E-state index in [0.29, 0.717) is 24.5 Å². The predicted molar refractivity (Wildman–Crippen MR) is 98.7 cm³/mol. The second-order valence-electron chi connectivity index (χ2n) is 6.48. The quantitative estimate of drug-likeness (QED) is 0.806. The number of ketones is 1. The highest BCUT2D eigenvalue weighted by Gasteiger charge is 2.16. The summed E-state index contributed by atoms with van der Waals surface area (Å²) in [6, 6.07) is 12.9. The number of rotatable bonds is 6. The number of carbonyl (C=O) groups is 2. The fraction of sp³-hybridized carbons (Fsp3) is 0.333. The SMILES string of the molecule is Cc1ccc(C(=O)CCC(=O)NC(C)c2ccc3c(c2)OCCO3)cc1. The number of aryl methyl sites for hydroxylation is 1. The lowest BCUT2D eigenvalue weighted by molar-refractivity contribution is -0.121. The summed E-state index contributed by atoms with van der Waals surface area (Å²) in [4.78, 5) is 24.4. The van der Waals surface area contributed by atoms with Crippen molar-refractivity contribution in [1.82, 2.24) is 5.32 Å². The van der Waals surface area contributed by atoms with Crippen molar-refractivity contribution in [2.45, 2.75) is 32.7 Å². The first-order valence-electron chi connectivity index (χ1n) is 8.82. The number of hydrogen-bond acceptors (Lipinski definition) is 4. The molecule has 26 heavy (non-hydrogen) atoms. The van der Waals surface area contributed by atoms with Crippen molar-refractivity contribution in [2.75, 3.05) is 13.2 Å². The van der Waals surface area contributed by atoms with Crippen molar-refractivity contribution in [3.05, 3.63) is 59.2 Å². The van der Waals surface area contributed by atoms with Crippen molar-refractivity contribution in [1.29, 1.82) is 0 Å². The molecule has 0 aromatic heterocycles. The highest BCUT2D eigenvalue weighted by molar-refractivity contribution is 5.98. The zero-order valence-electron chi connectivity index (χ0n) is 15.1. The van der Waals surface area contributed by atoms with E-state index in [1.807, 2.05) is 44.2 Å². The number of amides is 1. The van der Waals surface area contributed by atoms with Gasteiger partial charge in [0, 0.05) is 18.4 Å². The molecule has 1 aliphatic heterocycles. The monoisotopic (exact) mass is 353 g/mol. The molecule has 1 atom stereocenters. The van der Waals surface area contributed by atoms with Crippen LogP contribution in [0, 0.1) is 6.92 Å². The third-order valence-electron chi connectivity index (χ3n) is 4.40. The topological polar surface area (TPSA) is 64.6 Å². The minimum atomic E-state index is -0.173. The first-order chi connectivity index (χ1) is 12.5. The first kappa shape index (κ1) is 18.0. The van der Waals surface area contributed by atoms with E-state index < -0.39 is 0 Å². The molecule has 1 amide bonds. The van der Waals surface area contributed by atoms with Crippen molar-refractivity contribution in [3.8, 4) is 11.5 Å². The maximum Gasteiger partial charge on any atom is 0.220 e. The number of nitrogens with one attached hydrogen (secondary N) is 1. The Balaban J connectivity index is 1.52. The normalized spacial score (nSPS) is 13.8. The van der Waals surface area contributed by atoms with Crippen LogP contribution in [0.4, 0.5) is 0 Å². The molecule has 0 spiro atoms. The van der Waals surface area contributed by atoms with E-state index in [9.17, 15) is 9.59 Å². The Kier molecular flexibility index (Phi) is 5.56. The molecule has 5 heteroatoms. The van der Waals surface area contributed by atoms with Crippen LogP contribution in [0.2, 0.25) is 0 Å². The fourth-order valence-electron chi connectivity index (χ4n) is 2.84. The molecule has 136 valence electrons. The maximum absolute atomic E-state index is 12.2. The third kappa shape index (κ3) is 4.42. The molecule has 2 aromatic carbocycles. The minimum Gasteiger partial charge on any atom is -0.486 e. The summed E-state index contributed by atoms with van der Waals surface area (Å²) in [6.45, 7) is 4.96. The molecular weight excluding hydrogens is 330 g/mol. The molecule has 1 heterocycles. The lowest BCUT2D eigenvalue weighted by Crippen LogP contribution is -2.27. The largest absolute Gasteiger partial charge is 0.486 e. The van der Waals surface area contributed by atoms with E-state index >= 15 is 0 Å². The average Bonchev–Trinajstić information content (AvgIpc) is 2.66. The van der Waals surface area contributed by atoms with Crippen molar-refractivity contribution in [2.24, 2.45) is 0 Å². The van der Waals surface area contributed by atoms with Gasteiger partial charge in [-0.25, -0.2) is 0 Å². The lowest BCUT2D eigenvalue weighted by atomic mass is 10.0. The fourth-order valence-corrected chi connectivity index (χ4v) is 2.84. The number of ether oxygens (including phenoxy) is 2. The molecule has 0 aliphatic carbocycles. The van der Waals surface area contributed by atoms with Gasteiger partial charge in [0.2, 0.25) is 5.91 Å². The Morgan fingerprint density at radius 3 is 2.42 bits per heavy atom. The number of Topliss-reactive ketones (excluding diaryl/α,β-unsaturated/α-hetero) is 1. The molecule has 0 saturated carbocycles. The van der Waals surface area contributed by atoms with Crippen molar-refractivity contribution in [3.63, 3.8) is 0 Å². The molecule has 0 fully saturated rings. The molecule has 0 radical (unpaired) electrons. The molecule has 0 saturated heterocycles. The van der Waals surface area contributed by atoms with Crippen molar-refractivity contribution < 1.29 is 19.1 Å². The van der Waals surface area contributed by atoms with E-state index in [4.69, 9.17) is 9.47 Å². The van der Waals surface area contributed by atoms with E-state index in [1.165, 1.54) is 0 Å². The average molecular weight is 353 g/mol. The number of carbonyl (C=O) groups excluding carboxylic acids is 2. The summed E-state index contributed by atoms with van der Waals surface area (Å²) in [5.41, 5.74) is 2.68. The smallest absolute Gasteiger partial charge is 0.220 e. The van der Waals surface area contributed by atoms with Gasteiger partial charge in [-0.3, -0.25) is 9.59 Å². The van der Waals surface area contributed by atoms with Gasteiger partial charge >= 0.3 is 0 Å². The van der Waals surface area contributed by atoms with Gasteiger partial charge in [0.15, 0.2) is 17.3 Å². The zero-order valence-corrected chi connectivity index (χ0v) is 15.1. The summed E-state index contributed by atoms with van der Waals surface area (Å²) in [5.74, 6) is 1.26. The van der Waals surface area contributed by atoms with E-state index in [0.717, 1.165) is 16.9 Å². The van der Waals surface area contributed by atoms with Gasteiger partial charge in [-0.15, -0.1) is 0 Å². The van der Waals surface area contributed by atoms with E-state index in [1.54, 1.807) is 12.1 Å². The van der Waals surface area contributed by atoms with Crippen LogP contribution in [0.15, 0.2) is 42.5 Å². The van der Waals surface area contributed by atoms with Gasteiger partial charge in [0.25, 0.3) is 0 Å². The van der Waals surface area contributed by atoms with Gasteiger partial charge in [-0.1, -0.05) is 35.9 Å². The number of fused-ring (bicyclic) bond motifs is 1. The molecule has 5 nitrogen and oxygen atoms in total. The first-order valence-corrected chi connectivity index (χ1v) is 8.82. The van der Waals surface area contributed by atoms with Crippen LogP contribution in [0.5, 0.6) is 11.5 Å². The van der Waals surface area contributed by atoms with Crippen LogP contribution in [-0.2, 0) is 4.79 Å². The van der Waals surface area contributed by atoms with Crippen molar-refractivity contribution >= 4 is 11.7 Å². The maximum atomic E-state index is 12.2. The summed E-state index contributed by atoms with van der Waals surface area (Å²) < 4.78 is 11.1. The van der Waals surface area contributed by atoms with Gasteiger partial charge in [-0.2, -0.15) is 0 Å². The predicted octanol–water partition coefficient (Wildman–Crippen LogP) is 3.61. The molecule has 1 unspecified atom stereocenters. The lowest BCUT2D eigenvalue weighted by Gasteiger charge is -2.21. The Hall–Kier alpha value is -2.82. The second-order valence-corrected chi connectivity index (χ2v) is 6.48. The Labute approximate surface area is 153 Å². The van der Waals surface area contributed by atoms with Crippen LogP contribution in [0.1, 0.15) is 47.3 Å². The molecule has 2 aromatic rings. The summed E-state index contributed by atoms with van der Waals surface area (Å²) in [6.07, 6.45) is 0.365. The van der Waals surface area contributed by atoms with Gasteiger partial charge < -0.3 is 14.8 Å². The van der Waals surface area contributed by atoms with E-state index in [-0.39, 0.29) is 30.6 Å². The number of hydrogen-bond donors (Lipinski definition) is 1. The highest BCUT2D eigenvalue weighted by atomic mass is 16.6. The van der Waals surface area contributed by atoms with Crippen LogP contribution in [0.25, 0.3) is 0 Å². The second kappa shape index (κ2) is 8.04. The summed E-state index contributed by atoms with van der Waals surface area (Å²) in [7, 11) is 0. The summed E-state index contributed by atoms with van der Waals surface area (Å²) in [5, 5.41) is 2.93. The third-order valence-corrected chi connectivity index (χ3v) is 4.40. The van der Waals surface area contributed by atoms with Crippen LogP contribution >= 0.6 is 0 Å². The van der Waals surface area contributed by atoms with Crippen LogP contribution in [0.3, 0.4) is 0 Å². The Bertz CT molecular complexity index is 798. The molecular formula is C21H23NO4. The molecule has 3 rings (SSSR count). The molecule has 1 aliphatic rings. The molecule has 1 N–H and O–H groups in total. The Morgan fingerprint density at radius 2 is 1.69 bits per heavy atom. The summed E-state index contributed by atoms with van der Waals surface area (Å²) >= 11 is 0. The van der Waals surface area contributed by atoms with Gasteiger partial charge in [0.05, 0.1) is 6.04 Å². The van der Waals surface area contributed by atoms with E-state index in [2.05, 4.69) is 5.32 Å². The minimum absolute atomic E-state index is 0.0212. The van der Waals surface area contributed by atoms with Crippen LogP contribution < -0.4 is 14.8 Å². The van der Waals surface area contributed by atoms with Gasteiger partial charge in [0.1, 0.15) is 13.2 Å². The zero-order chi connectivity index (χ0) is 18.5. The number of benzene rings is 2. The van der Waals surface area contributed by atoms with Gasteiger partial charge in [-0.05, 0) is 31.5 Å². The standard InChI is InChI=1S/C21H23NO4/c1-14-3-5-16(6-4-14)18(23)8-10-21(24)22-15(2)17-7-9-19-20(13-17)26-12-11-25-19/h3-7,9,13,15H,8,10-12H2,1-2H3,(H,22,24). The molecule has 0 bridgehead atoms. The van der Waals surface area contributed by atoms with Crippen LogP contribution in [-0.4, -0.2) is 24.9 Å². The highest BCUT2D eigenvalue weighted by Crippen LogP contribution is 2.32.